The van der Waals surface area contributed by atoms with Crippen molar-refractivity contribution in [3.05, 3.63) is 36.7 Å². The van der Waals surface area contributed by atoms with Crippen molar-refractivity contribution in [1.82, 2.24) is 9.97 Å². The molecule has 0 radical (unpaired) electrons. The number of hydrogen-bond donors (Lipinski definition) is 0. The van der Waals surface area contributed by atoms with Crippen LogP contribution >= 0.6 is 0 Å². The fourth-order valence-electron chi connectivity index (χ4n) is 3.32. The molecule has 1 aliphatic rings. The summed E-state index contributed by atoms with van der Waals surface area (Å²) in [6.45, 7) is 5.03. The molecular formula is C24H32N2O4. The summed E-state index contributed by atoms with van der Waals surface area (Å²) >= 11 is 0. The summed E-state index contributed by atoms with van der Waals surface area (Å²) in [6.07, 6.45) is 11.9. The quantitative estimate of drug-likeness (QED) is 0.251. The van der Waals surface area contributed by atoms with Crippen molar-refractivity contribution in [3.63, 3.8) is 0 Å². The third-order valence-corrected chi connectivity index (χ3v) is 5.11. The van der Waals surface area contributed by atoms with E-state index in [9.17, 15) is 4.79 Å². The Balaban J connectivity index is 1.42. The zero-order chi connectivity index (χ0) is 21.2. The maximum absolute atomic E-state index is 12.0. The molecule has 0 unspecified atom stereocenters. The number of benzene rings is 1. The van der Waals surface area contributed by atoms with Gasteiger partial charge < -0.3 is 14.2 Å². The Bertz CT molecular complexity index is 777. The molecule has 1 aromatic carbocycles. The van der Waals surface area contributed by atoms with Crippen LogP contribution in [0.5, 0.6) is 11.5 Å². The molecular weight excluding hydrogens is 380 g/mol. The molecule has 3 rings (SSSR count). The molecule has 2 atom stereocenters. The average Bonchev–Trinajstić information content (AvgIpc) is 3.54. The number of esters is 1. The zero-order valence-corrected chi connectivity index (χ0v) is 18.0. The molecule has 1 aromatic heterocycles. The number of aromatic nitrogens is 2. The van der Waals surface area contributed by atoms with Gasteiger partial charge in [-0.3, -0.25) is 0 Å². The van der Waals surface area contributed by atoms with Gasteiger partial charge in [-0.15, -0.1) is 0 Å². The third kappa shape index (κ3) is 6.80. The summed E-state index contributed by atoms with van der Waals surface area (Å²) < 4.78 is 16.4. The minimum Gasteiger partial charge on any atom is -0.494 e. The van der Waals surface area contributed by atoms with Crippen molar-refractivity contribution in [3.8, 4) is 22.9 Å². The summed E-state index contributed by atoms with van der Waals surface area (Å²) in [5.74, 6) is 1.37. The fraction of sp³-hybridized carbons (Fsp3) is 0.542. The lowest BCUT2D eigenvalue weighted by Crippen LogP contribution is -2.17. The molecule has 1 aliphatic heterocycles. The molecule has 30 heavy (non-hydrogen) atoms. The lowest BCUT2D eigenvalue weighted by Gasteiger charge is -2.07. The molecule has 0 aliphatic carbocycles. The van der Waals surface area contributed by atoms with Crippen LogP contribution in [0.25, 0.3) is 11.4 Å². The summed E-state index contributed by atoms with van der Waals surface area (Å²) in [5, 5.41) is 0. The minimum atomic E-state index is -0.450. The number of rotatable bonds is 13. The fourth-order valence-corrected chi connectivity index (χ4v) is 3.32. The Labute approximate surface area is 179 Å². The molecule has 1 saturated heterocycles. The molecule has 0 N–H and O–H groups in total. The SMILES string of the molecule is CCCCCCCCOc1ccc(-c2ncc(OC(=O)[C@@H]3O[C@@H]3CCC)cn2)cc1. The van der Waals surface area contributed by atoms with E-state index in [4.69, 9.17) is 14.2 Å². The molecule has 1 fully saturated rings. The summed E-state index contributed by atoms with van der Waals surface area (Å²) in [6, 6.07) is 7.74. The highest BCUT2D eigenvalue weighted by molar-refractivity contribution is 5.80. The highest BCUT2D eigenvalue weighted by Crippen LogP contribution is 2.28. The second kappa shape index (κ2) is 11.6. The van der Waals surface area contributed by atoms with Gasteiger partial charge in [-0.1, -0.05) is 52.4 Å². The molecule has 0 bridgehead atoms. The lowest BCUT2D eigenvalue weighted by molar-refractivity contribution is -0.135. The van der Waals surface area contributed by atoms with Gasteiger partial charge in [0.15, 0.2) is 17.7 Å². The molecule has 0 saturated carbocycles. The van der Waals surface area contributed by atoms with E-state index in [0.717, 1.165) is 37.2 Å². The maximum Gasteiger partial charge on any atom is 0.343 e. The van der Waals surface area contributed by atoms with Crippen LogP contribution in [0.2, 0.25) is 0 Å². The zero-order valence-electron chi connectivity index (χ0n) is 18.0. The van der Waals surface area contributed by atoms with Gasteiger partial charge in [-0.05, 0) is 37.1 Å². The molecule has 0 spiro atoms. The van der Waals surface area contributed by atoms with Crippen LogP contribution in [0.4, 0.5) is 0 Å². The topological polar surface area (TPSA) is 73.8 Å². The van der Waals surface area contributed by atoms with E-state index in [1.165, 1.54) is 44.5 Å². The summed E-state index contributed by atoms with van der Waals surface area (Å²) in [7, 11) is 0. The monoisotopic (exact) mass is 412 g/mol. The van der Waals surface area contributed by atoms with Gasteiger partial charge >= 0.3 is 5.97 Å². The Morgan fingerprint density at radius 3 is 2.33 bits per heavy atom. The number of hydrogen-bond acceptors (Lipinski definition) is 6. The number of unbranched alkanes of at least 4 members (excludes halogenated alkanes) is 5. The number of nitrogens with zero attached hydrogens (tertiary/aromatic N) is 2. The third-order valence-electron chi connectivity index (χ3n) is 5.11. The maximum atomic E-state index is 12.0. The van der Waals surface area contributed by atoms with Crippen molar-refractivity contribution >= 4 is 5.97 Å². The van der Waals surface area contributed by atoms with Crippen LogP contribution in [-0.2, 0) is 9.53 Å². The molecule has 2 heterocycles. The van der Waals surface area contributed by atoms with Gasteiger partial charge in [0.25, 0.3) is 0 Å². The van der Waals surface area contributed by atoms with Crippen LogP contribution in [0.15, 0.2) is 36.7 Å². The Morgan fingerprint density at radius 1 is 0.933 bits per heavy atom. The van der Waals surface area contributed by atoms with Crippen molar-refractivity contribution in [2.45, 2.75) is 77.4 Å². The first-order valence-corrected chi connectivity index (χ1v) is 11.1. The standard InChI is InChI=1S/C24H32N2O4/c1-3-5-6-7-8-9-15-28-19-13-11-18(12-14-19)23-25-16-20(17-26-23)29-24(27)22-21(30-22)10-4-2/h11-14,16-17,21-22H,3-10,15H2,1-2H3/t21-,22-/m1/s1. The van der Waals surface area contributed by atoms with Gasteiger partial charge in [0.2, 0.25) is 0 Å². The molecule has 6 nitrogen and oxygen atoms in total. The normalized spacial score (nSPS) is 17.5. The smallest absolute Gasteiger partial charge is 0.343 e. The van der Waals surface area contributed by atoms with Crippen molar-refractivity contribution < 1.29 is 19.0 Å². The Kier molecular flexibility index (Phi) is 8.63. The highest BCUT2D eigenvalue weighted by atomic mass is 16.6. The first-order chi connectivity index (χ1) is 14.7. The molecule has 162 valence electrons. The van der Waals surface area contributed by atoms with Gasteiger partial charge in [0.05, 0.1) is 25.1 Å². The lowest BCUT2D eigenvalue weighted by atomic mass is 10.1. The first-order valence-electron chi connectivity index (χ1n) is 11.1. The Hall–Kier alpha value is -2.47. The molecule has 0 amide bonds. The van der Waals surface area contributed by atoms with Crippen LogP contribution in [-0.4, -0.2) is 34.8 Å². The van der Waals surface area contributed by atoms with Crippen molar-refractivity contribution in [2.24, 2.45) is 0 Å². The first kappa shape index (κ1) is 22.2. The van der Waals surface area contributed by atoms with Crippen LogP contribution in [0.1, 0.15) is 65.2 Å². The number of carbonyl (C=O) groups excluding carboxylic acids is 1. The van der Waals surface area contributed by atoms with Crippen molar-refractivity contribution in [1.29, 1.82) is 0 Å². The second-order valence-electron chi connectivity index (χ2n) is 7.69. The summed E-state index contributed by atoms with van der Waals surface area (Å²) in [4.78, 5) is 20.6. The van der Waals surface area contributed by atoms with Gasteiger partial charge in [0, 0.05) is 5.56 Å². The molecule has 2 aromatic rings. The van der Waals surface area contributed by atoms with E-state index in [-0.39, 0.29) is 12.1 Å². The van der Waals surface area contributed by atoms with Crippen LogP contribution < -0.4 is 9.47 Å². The van der Waals surface area contributed by atoms with E-state index < -0.39 is 6.10 Å². The van der Waals surface area contributed by atoms with E-state index in [2.05, 4.69) is 23.8 Å². The minimum absolute atomic E-state index is 0.00974. The predicted octanol–water partition coefficient (Wildman–Crippen LogP) is 5.36. The highest BCUT2D eigenvalue weighted by Gasteiger charge is 2.45. The number of epoxide rings is 1. The summed E-state index contributed by atoms with van der Waals surface area (Å²) in [5.41, 5.74) is 0.883. The van der Waals surface area contributed by atoms with E-state index >= 15 is 0 Å². The second-order valence-corrected chi connectivity index (χ2v) is 7.69. The van der Waals surface area contributed by atoms with E-state index in [1.807, 2.05) is 24.3 Å². The largest absolute Gasteiger partial charge is 0.494 e. The van der Waals surface area contributed by atoms with Gasteiger partial charge in [0.1, 0.15) is 5.75 Å². The van der Waals surface area contributed by atoms with Gasteiger partial charge in [-0.2, -0.15) is 0 Å². The van der Waals surface area contributed by atoms with Crippen molar-refractivity contribution in [2.75, 3.05) is 6.61 Å². The van der Waals surface area contributed by atoms with Crippen LogP contribution in [0, 0.1) is 0 Å². The van der Waals surface area contributed by atoms with E-state index in [0.29, 0.717) is 11.6 Å². The molecule has 6 heteroatoms. The van der Waals surface area contributed by atoms with Crippen LogP contribution in [0.3, 0.4) is 0 Å². The number of carbonyl (C=O) groups is 1. The Morgan fingerprint density at radius 2 is 1.63 bits per heavy atom. The average molecular weight is 413 g/mol. The predicted molar refractivity (Wildman–Crippen MR) is 116 cm³/mol. The van der Waals surface area contributed by atoms with Gasteiger partial charge in [-0.25, -0.2) is 14.8 Å². The number of ether oxygens (including phenoxy) is 3. The van der Waals surface area contributed by atoms with E-state index in [1.54, 1.807) is 0 Å².